The van der Waals surface area contributed by atoms with Crippen LogP contribution in [0.1, 0.15) is 24.8 Å². The van der Waals surface area contributed by atoms with Crippen molar-refractivity contribution in [2.24, 2.45) is 5.73 Å². The van der Waals surface area contributed by atoms with E-state index in [1.165, 1.54) is 11.8 Å². The summed E-state index contributed by atoms with van der Waals surface area (Å²) in [6.07, 6.45) is 3.83. The Bertz CT molecular complexity index is 573. The summed E-state index contributed by atoms with van der Waals surface area (Å²) in [6, 6.07) is 2.08. The largest absolute Gasteiger partial charge is 0.329 e. The second kappa shape index (κ2) is 6.04. The molecule has 2 unspecified atom stereocenters. The number of nitrogens with zero attached hydrogens (tertiary/aromatic N) is 1. The molecule has 0 spiro atoms. The minimum Gasteiger partial charge on any atom is -0.329 e. The van der Waals surface area contributed by atoms with Crippen molar-refractivity contribution in [3.63, 3.8) is 0 Å². The molecule has 7 heteroatoms. The maximum Gasteiger partial charge on any atom is 0.152 e. The van der Waals surface area contributed by atoms with E-state index in [9.17, 15) is 8.42 Å². The number of hydrogen-bond acceptors (Lipinski definition) is 5. The van der Waals surface area contributed by atoms with Crippen LogP contribution < -0.4 is 5.73 Å². The van der Waals surface area contributed by atoms with Gasteiger partial charge in [-0.1, -0.05) is 6.42 Å². The average molecular weight is 381 g/mol. The van der Waals surface area contributed by atoms with Crippen LogP contribution in [-0.4, -0.2) is 44.0 Å². The molecule has 1 saturated carbocycles. The van der Waals surface area contributed by atoms with Gasteiger partial charge in [-0.2, -0.15) is 0 Å². The van der Waals surface area contributed by atoms with Gasteiger partial charge in [0.1, 0.15) is 0 Å². The van der Waals surface area contributed by atoms with E-state index >= 15 is 0 Å². The maximum atomic E-state index is 12.1. The Balaban J connectivity index is 2.25. The first kappa shape index (κ1) is 16.4. The van der Waals surface area contributed by atoms with Crippen LogP contribution in [0.5, 0.6) is 0 Å². The fraction of sp³-hybridized carbons (Fsp3) is 0.692. The Hall–Kier alpha value is 0.0500. The Labute approximate surface area is 133 Å². The molecule has 0 aromatic carbocycles. The Kier molecular flexibility index (Phi) is 4.96. The lowest BCUT2D eigenvalue weighted by Gasteiger charge is -2.42. The highest BCUT2D eigenvalue weighted by Gasteiger charge is 2.49. The van der Waals surface area contributed by atoms with E-state index in [0.717, 1.165) is 23.2 Å². The van der Waals surface area contributed by atoms with Crippen molar-refractivity contribution in [1.82, 2.24) is 4.90 Å². The third-order valence-corrected chi connectivity index (χ3v) is 7.61. The van der Waals surface area contributed by atoms with Crippen LogP contribution in [0.25, 0.3) is 0 Å². The van der Waals surface area contributed by atoms with Crippen molar-refractivity contribution in [1.29, 1.82) is 0 Å². The van der Waals surface area contributed by atoms with Gasteiger partial charge in [-0.3, -0.25) is 4.90 Å². The molecule has 20 heavy (non-hydrogen) atoms. The lowest BCUT2D eigenvalue weighted by molar-refractivity contribution is 0.126. The highest BCUT2D eigenvalue weighted by molar-refractivity contribution is 9.11. The van der Waals surface area contributed by atoms with E-state index in [0.29, 0.717) is 13.0 Å². The van der Waals surface area contributed by atoms with Crippen LogP contribution in [0.15, 0.2) is 15.2 Å². The highest BCUT2D eigenvalue weighted by atomic mass is 79.9. The second-order valence-electron chi connectivity index (χ2n) is 5.63. The Morgan fingerprint density at radius 3 is 2.80 bits per heavy atom. The second-order valence-corrected chi connectivity index (χ2v) is 10.2. The Morgan fingerprint density at radius 1 is 1.60 bits per heavy atom. The van der Waals surface area contributed by atoms with Gasteiger partial charge in [0.2, 0.25) is 0 Å². The van der Waals surface area contributed by atoms with Gasteiger partial charge in [0.05, 0.1) is 9.04 Å². The van der Waals surface area contributed by atoms with Crippen molar-refractivity contribution in [2.75, 3.05) is 19.8 Å². The van der Waals surface area contributed by atoms with Crippen LogP contribution in [0.2, 0.25) is 0 Å². The van der Waals surface area contributed by atoms with Gasteiger partial charge in [-0.05, 0) is 52.8 Å². The van der Waals surface area contributed by atoms with Crippen LogP contribution in [0.4, 0.5) is 0 Å². The van der Waals surface area contributed by atoms with E-state index in [1.807, 2.05) is 7.05 Å². The predicted molar refractivity (Wildman–Crippen MR) is 87.8 cm³/mol. The third kappa shape index (κ3) is 3.11. The van der Waals surface area contributed by atoms with Crippen LogP contribution in [0, 0.1) is 0 Å². The summed E-state index contributed by atoms with van der Waals surface area (Å²) >= 11 is 5.10. The van der Waals surface area contributed by atoms with Gasteiger partial charge in [0, 0.05) is 24.9 Å². The number of rotatable bonds is 5. The number of sulfone groups is 1. The molecule has 0 saturated heterocycles. The van der Waals surface area contributed by atoms with Gasteiger partial charge >= 0.3 is 0 Å². The molecule has 1 heterocycles. The molecule has 0 aliphatic heterocycles. The van der Waals surface area contributed by atoms with Gasteiger partial charge in [0.25, 0.3) is 0 Å². The summed E-state index contributed by atoms with van der Waals surface area (Å²) in [5.74, 6) is 0. The lowest BCUT2D eigenvalue weighted by Crippen LogP contribution is -2.58. The predicted octanol–water partition coefficient (Wildman–Crippen LogP) is 2.24. The zero-order valence-electron chi connectivity index (χ0n) is 11.8. The summed E-state index contributed by atoms with van der Waals surface area (Å²) in [4.78, 5) is 2.14. The zero-order valence-corrected chi connectivity index (χ0v) is 15.0. The molecule has 1 aromatic rings. The smallest absolute Gasteiger partial charge is 0.152 e. The minimum absolute atomic E-state index is 0.355. The van der Waals surface area contributed by atoms with Crippen LogP contribution >= 0.6 is 27.3 Å². The van der Waals surface area contributed by atoms with E-state index in [1.54, 1.807) is 11.3 Å². The molecule has 0 bridgehead atoms. The summed E-state index contributed by atoms with van der Waals surface area (Å²) in [6.45, 7) is 1.11. The molecule has 1 aromatic heterocycles. The van der Waals surface area contributed by atoms with E-state index in [-0.39, 0.29) is 5.25 Å². The molecule has 1 aliphatic rings. The van der Waals surface area contributed by atoms with Crippen molar-refractivity contribution >= 4 is 37.1 Å². The first-order valence-corrected chi connectivity index (χ1v) is 10.3. The summed E-state index contributed by atoms with van der Waals surface area (Å²) in [5.41, 5.74) is 6.77. The fourth-order valence-corrected chi connectivity index (χ4v) is 6.31. The number of nitrogens with two attached hydrogens (primary N) is 1. The first-order valence-electron chi connectivity index (χ1n) is 6.62. The molecule has 2 N–H and O–H groups in total. The SMILES string of the molecule is CN(Cc1csc(Br)c1)C1(CN)CCCC1S(C)(=O)=O. The van der Waals surface area contributed by atoms with Gasteiger partial charge in [-0.15, -0.1) is 11.3 Å². The molecule has 4 nitrogen and oxygen atoms in total. The van der Waals surface area contributed by atoms with Gasteiger partial charge in [0.15, 0.2) is 9.84 Å². The molecule has 0 amide bonds. The monoisotopic (exact) mass is 380 g/mol. The molecule has 0 radical (unpaired) electrons. The molecule has 114 valence electrons. The van der Waals surface area contributed by atoms with Gasteiger partial charge in [-0.25, -0.2) is 8.42 Å². The number of halogens is 1. The third-order valence-electron chi connectivity index (χ3n) is 4.35. The molecule has 1 fully saturated rings. The van der Waals surface area contributed by atoms with Crippen molar-refractivity contribution in [3.05, 3.63) is 20.8 Å². The van der Waals surface area contributed by atoms with Crippen LogP contribution in [-0.2, 0) is 16.4 Å². The van der Waals surface area contributed by atoms with Crippen molar-refractivity contribution in [2.45, 2.75) is 36.6 Å². The zero-order chi connectivity index (χ0) is 15.0. The lowest BCUT2D eigenvalue weighted by atomic mass is 9.95. The molecular formula is C13H21BrN2O2S2. The molecule has 2 rings (SSSR count). The first-order chi connectivity index (χ1) is 9.29. The summed E-state index contributed by atoms with van der Waals surface area (Å²) in [5, 5.41) is 1.74. The van der Waals surface area contributed by atoms with Crippen molar-refractivity contribution in [3.8, 4) is 0 Å². The Morgan fingerprint density at radius 2 is 2.30 bits per heavy atom. The molecular weight excluding hydrogens is 360 g/mol. The van der Waals surface area contributed by atoms with Crippen LogP contribution in [0.3, 0.4) is 0 Å². The van der Waals surface area contributed by atoms with E-state index in [4.69, 9.17) is 5.73 Å². The van der Waals surface area contributed by atoms with E-state index in [2.05, 4.69) is 32.3 Å². The van der Waals surface area contributed by atoms with Crippen molar-refractivity contribution < 1.29 is 8.42 Å². The minimum atomic E-state index is -3.08. The van der Waals surface area contributed by atoms with Gasteiger partial charge < -0.3 is 5.73 Å². The molecule has 1 aliphatic carbocycles. The summed E-state index contributed by atoms with van der Waals surface area (Å²) in [7, 11) is -1.09. The average Bonchev–Trinajstić information content (AvgIpc) is 2.95. The standard InChI is InChI=1S/C13H21BrN2O2S2/c1-16(7-10-6-12(14)19-8-10)13(9-15)5-3-4-11(13)20(2,17)18/h6,8,11H,3-5,7,9,15H2,1-2H3. The fourth-order valence-electron chi connectivity index (χ4n) is 3.32. The summed E-state index contributed by atoms with van der Waals surface area (Å²) < 4.78 is 25.3. The topological polar surface area (TPSA) is 63.4 Å². The molecule has 2 atom stereocenters. The van der Waals surface area contributed by atoms with E-state index < -0.39 is 15.4 Å². The highest BCUT2D eigenvalue weighted by Crippen LogP contribution is 2.39. The maximum absolute atomic E-state index is 12.1. The number of thiophene rings is 1. The normalized spacial score (nSPS) is 27.4. The quantitative estimate of drug-likeness (QED) is 0.850. The number of hydrogen-bond donors (Lipinski definition) is 1. The number of likely N-dealkylation sites (N-methyl/N-ethyl adjacent to an activating group) is 1.